The van der Waals surface area contributed by atoms with E-state index in [2.05, 4.69) is 59.6 Å². The van der Waals surface area contributed by atoms with Crippen molar-refractivity contribution in [3.05, 3.63) is 79.2 Å². The molecule has 3 aromatic carbocycles. The van der Waals surface area contributed by atoms with Crippen molar-refractivity contribution in [2.24, 2.45) is 0 Å². The highest BCUT2D eigenvalue weighted by molar-refractivity contribution is 5.96. The highest BCUT2D eigenvalue weighted by Gasteiger charge is 2.06. The predicted molar refractivity (Wildman–Crippen MR) is 83.7 cm³/mol. The van der Waals surface area contributed by atoms with Crippen molar-refractivity contribution < 1.29 is 4.42 Å². The number of nitrogens with zero attached hydrogens (tertiary/aromatic N) is 1. The largest absolute Gasteiger partial charge is 0.445 e. The van der Waals surface area contributed by atoms with Gasteiger partial charge in [0.05, 0.1) is 6.20 Å². The van der Waals surface area contributed by atoms with Crippen LogP contribution in [0.25, 0.3) is 33.4 Å². The van der Waals surface area contributed by atoms with E-state index in [-0.39, 0.29) is 0 Å². The van der Waals surface area contributed by atoms with Gasteiger partial charge in [0.1, 0.15) is 6.26 Å². The van der Waals surface area contributed by atoms with Crippen LogP contribution in [0.4, 0.5) is 0 Å². The molecule has 0 saturated heterocycles. The predicted octanol–water partition coefficient (Wildman–Crippen LogP) is 4.96. The number of benzene rings is 3. The minimum atomic E-state index is 0.621. The van der Waals surface area contributed by atoms with Gasteiger partial charge in [-0.25, -0.2) is 4.98 Å². The molecular formula is C19H12NO. The molecule has 0 N–H and O–H groups in total. The Morgan fingerprint density at radius 1 is 0.905 bits per heavy atom. The summed E-state index contributed by atoms with van der Waals surface area (Å²) in [6.45, 7) is 0. The van der Waals surface area contributed by atoms with Gasteiger partial charge in [-0.1, -0.05) is 48.5 Å². The van der Waals surface area contributed by atoms with Crippen LogP contribution in [0, 0.1) is 6.07 Å². The second kappa shape index (κ2) is 4.91. The SMILES string of the molecule is [c]1cc(-c2ncco2)ccc1-c1cccc2ccccc12. The van der Waals surface area contributed by atoms with Crippen molar-refractivity contribution in [2.75, 3.05) is 0 Å². The third kappa shape index (κ3) is 2.11. The summed E-state index contributed by atoms with van der Waals surface area (Å²) in [5.41, 5.74) is 3.19. The Bertz CT molecular complexity index is 872. The lowest BCUT2D eigenvalue weighted by Crippen LogP contribution is -1.83. The molecule has 0 fully saturated rings. The van der Waals surface area contributed by atoms with Crippen LogP contribution in [0.3, 0.4) is 0 Å². The molecule has 99 valence electrons. The van der Waals surface area contributed by atoms with Gasteiger partial charge in [-0.15, -0.1) is 0 Å². The van der Waals surface area contributed by atoms with E-state index in [1.807, 2.05) is 12.1 Å². The summed E-state index contributed by atoms with van der Waals surface area (Å²) >= 11 is 0. The van der Waals surface area contributed by atoms with Crippen molar-refractivity contribution >= 4 is 10.8 Å². The highest BCUT2D eigenvalue weighted by atomic mass is 16.3. The minimum absolute atomic E-state index is 0.621. The molecule has 0 aliphatic carbocycles. The molecule has 0 amide bonds. The summed E-state index contributed by atoms with van der Waals surface area (Å²) in [6, 6.07) is 24.0. The van der Waals surface area contributed by atoms with E-state index in [0.29, 0.717) is 5.89 Å². The fourth-order valence-electron chi connectivity index (χ4n) is 2.55. The normalized spacial score (nSPS) is 10.9. The molecule has 0 aliphatic heterocycles. The molecule has 1 heterocycles. The standard InChI is InChI=1S/C19H12NO/c1-2-6-17-14(4-1)5-3-7-18(17)15-8-10-16(11-9-15)19-20-12-13-21-19/h1-8,10-13H. The number of oxazole rings is 1. The molecule has 0 unspecified atom stereocenters. The van der Waals surface area contributed by atoms with Gasteiger partial charge in [0.15, 0.2) is 0 Å². The van der Waals surface area contributed by atoms with Crippen LogP contribution in [-0.4, -0.2) is 4.98 Å². The first kappa shape index (κ1) is 11.9. The zero-order valence-corrected chi connectivity index (χ0v) is 11.3. The Kier molecular flexibility index (Phi) is 2.79. The van der Waals surface area contributed by atoms with E-state index in [0.717, 1.165) is 11.1 Å². The van der Waals surface area contributed by atoms with Crippen molar-refractivity contribution in [1.82, 2.24) is 4.98 Å². The van der Waals surface area contributed by atoms with E-state index < -0.39 is 0 Å². The molecule has 0 aliphatic rings. The smallest absolute Gasteiger partial charge is 0.225 e. The van der Waals surface area contributed by atoms with E-state index in [9.17, 15) is 0 Å². The lowest BCUT2D eigenvalue weighted by molar-refractivity contribution is 0.574. The summed E-state index contributed by atoms with van der Waals surface area (Å²) in [5.74, 6) is 0.621. The van der Waals surface area contributed by atoms with Gasteiger partial charge in [-0.3, -0.25) is 0 Å². The average Bonchev–Trinajstić information content (AvgIpc) is 3.09. The number of aromatic nitrogens is 1. The van der Waals surface area contributed by atoms with E-state index in [4.69, 9.17) is 4.42 Å². The summed E-state index contributed by atoms with van der Waals surface area (Å²) in [5, 5.41) is 2.47. The van der Waals surface area contributed by atoms with Crippen molar-refractivity contribution in [3.8, 4) is 22.6 Å². The van der Waals surface area contributed by atoms with Crippen LogP contribution in [0.2, 0.25) is 0 Å². The molecule has 0 atom stereocenters. The van der Waals surface area contributed by atoms with Crippen LogP contribution in [0.5, 0.6) is 0 Å². The molecule has 1 aromatic heterocycles. The van der Waals surface area contributed by atoms with E-state index in [1.165, 1.54) is 16.3 Å². The molecule has 21 heavy (non-hydrogen) atoms. The first-order valence-corrected chi connectivity index (χ1v) is 6.81. The number of rotatable bonds is 2. The molecule has 4 rings (SSSR count). The fraction of sp³-hybridized carbons (Fsp3) is 0. The van der Waals surface area contributed by atoms with E-state index in [1.54, 1.807) is 12.5 Å². The molecule has 2 nitrogen and oxygen atoms in total. The van der Waals surface area contributed by atoms with Gasteiger partial charge in [0.25, 0.3) is 0 Å². The van der Waals surface area contributed by atoms with Gasteiger partial charge in [-0.05, 0) is 40.1 Å². The van der Waals surface area contributed by atoms with Crippen LogP contribution < -0.4 is 0 Å². The minimum Gasteiger partial charge on any atom is -0.445 e. The molecule has 0 bridgehead atoms. The number of hydrogen-bond donors (Lipinski definition) is 0. The fourth-order valence-corrected chi connectivity index (χ4v) is 2.55. The second-order valence-corrected chi connectivity index (χ2v) is 4.85. The Morgan fingerprint density at radius 3 is 2.62 bits per heavy atom. The van der Waals surface area contributed by atoms with Gasteiger partial charge in [0.2, 0.25) is 5.89 Å². The summed E-state index contributed by atoms with van der Waals surface area (Å²) in [7, 11) is 0. The maximum absolute atomic E-state index is 5.30. The van der Waals surface area contributed by atoms with Crippen LogP contribution >= 0.6 is 0 Å². The molecule has 1 radical (unpaired) electrons. The lowest BCUT2D eigenvalue weighted by atomic mass is 9.97. The van der Waals surface area contributed by atoms with Crippen molar-refractivity contribution in [2.45, 2.75) is 0 Å². The van der Waals surface area contributed by atoms with Gasteiger partial charge < -0.3 is 4.42 Å². The summed E-state index contributed by atoms with van der Waals surface area (Å²) in [4.78, 5) is 4.15. The molecule has 0 saturated carbocycles. The third-order valence-corrected chi connectivity index (χ3v) is 3.57. The van der Waals surface area contributed by atoms with Crippen molar-refractivity contribution in [3.63, 3.8) is 0 Å². The van der Waals surface area contributed by atoms with E-state index >= 15 is 0 Å². The summed E-state index contributed by atoms with van der Waals surface area (Å²) in [6.07, 6.45) is 3.22. The Hall–Kier alpha value is -2.87. The Morgan fingerprint density at radius 2 is 1.81 bits per heavy atom. The highest BCUT2D eigenvalue weighted by Crippen LogP contribution is 2.29. The van der Waals surface area contributed by atoms with Crippen LogP contribution in [0.1, 0.15) is 0 Å². The van der Waals surface area contributed by atoms with Gasteiger partial charge >= 0.3 is 0 Å². The Balaban J connectivity index is 1.82. The van der Waals surface area contributed by atoms with Crippen molar-refractivity contribution in [1.29, 1.82) is 0 Å². The summed E-state index contributed by atoms with van der Waals surface area (Å²) < 4.78 is 5.30. The molecular weight excluding hydrogens is 258 g/mol. The molecule has 2 heteroatoms. The maximum atomic E-state index is 5.30. The third-order valence-electron chi connectivity index (χ3n) is 3.57. The monoisotopic (exact) mass is 270 g/mol. The quantitative estimate of drug-likeness (QED) is 0.514. The first-order chi connectivity index (χ1) is 10.4. The number of hydrogen-bond acceptors (Lipinski definition) is 2. The van der Waals surface area contributed by atoms with Gasteiger partial charge in [0, 0.05) is 5.56 Å². The first-order valence-electron chi connectivity index (χ1n) is 6.81. The zero-order chi connectivity index (χ0) is 14.1. The molecule has 4 aromatic rings. The topological polar surface area (TPSA) is 26.0 Å². The molecule has 0 spiro atoms. The van der Waals surface area contributed by atoms with Crippen LogP contribution in [-0.2, 0) is 0 Å². The lowest BCUT2D eigenvalue weighted by Gasteiger charge is -2.07. The van der Waals surface area contributed by atoms with Crippen LogP contribution in [0.15, 0.2) is 77.5 Å². The maximum Gasteiger partial charge on any atom is 0.225 e. The second-order valence-electron chi connectivity index (χ2n) is 4.85. The number of fused-ring (bicyclic) bond motifs is 1. The Labute approximate surface area is 122 Å². The van der Waals surface area contributed by atoms with Gasteiger partial charge in [-0.2, -0.15) is 0 Å². The average molecular weight is 270 g/mol. The zero-order valence-electron chi connectivity index (χ0n) is 11.3.